The smallest absolute Gasteiger partial charge is 0.244 e. The minimum Gasteiger partial charge on any atom is -0.492 e. The van der Waals surface area contributed by atoms with Crippen LogP contribution in [0.3, 0.4) is 0 Å². The number of amides is 1. The number of halogens is 1. The largest absolute Gasteiger partial charge is 0.492 e. The Kier molecular flexibility index (Phi) is 7.10. The minimum absolute atomic E-state index is 0.169. The lowest BCUT2D eigenvalue weighted by molar-refractivity contribution is -0.117. The highest BCUT2D eigenvalue weighted by molar-refractivity contribution is 6.31. The van der Waals surface area contributed by atoms with E-state index in [0.717, 1.165) is 38.8 Å². The standard InChI is InChI=1S/C27H26ClN3O2/c1-19-18-22(13-14-23(19)28)33-17-16-31-25-11-7-6-10-24(25)30-27(31)20(2)29-26(32)15-12-21-8-4-3-5-9-21/h3-15,18,20H,16-17H2,1-2H3,(H,29,32)/b15-12-. The lowest BCUT2D eigenvalue weighted by Crippen LogP contribution is -2.27. The molecule has 6 heteroatoms. The molecule has 0 fully saturated rings. The predicted octanol–water partition coefficient (Wildman–Crippen LogP) is 5.97. The Bertz CT molecular complexity index is 1280. The van der Waals surface area contributed by atoms with Gasteiger partial charge in [0, 0.05) is 11.1 Å². The molecule has 0 aliphatic carbocycles. The Balaban J connectivity index is 1.48. The Morgan fingerprint density at radius 2 is 1.88 bits per heavy atom. The van der Waals surface area contributed by atoms with Crippen LogP contribution in [0.2, 0.25) is 5.02 Å². The molecule has 1 heterocycles. The first-order chi connectivity index (χ1) is 16.0. The van der Waals surface area contributed by atoms with Gasteiger partial charge < -0.3 is 14.6 Å². The Morgan fingerprint density at radius 3 is 2.67 bits per heavy atom. The average molecular weight is 460 g/mol. The molecule has 3 aromatic carbocycles. The number of para-hydroxylation sites is 2. The van der Waals surface area contributed by atoms with E-state index in [1.54, 1.807) is 12.2 Å². The highest BCUT2D eigenvalue weighted by atomic mass is 35.5. The van der Waals surface area contributed by atoms with Gasteiger partial charge in [0.2, 0.25) is 5.91 Å². The molecule has 1 unspecified atom stereocenters. The number of benzene rings is 3. The number of fused-ring (bicyclic) bond motifs is 1. The van der Waals surface area contributed by atoms with Gasteiger partial charge in [-0.15, -0.1) is 0 Å². The van der Waals surface area contributed by atoms with Crippen molar-refractivity contribution < 1.29 is 9.53 Å². The second-order valence-electron chi connectivity index (χ2n) is 7.84. The molecular weight excluding hydrogens is 434 g/mol. The quantitative estimate of drug-likeness (QED) is 0.330. The number of rotatable bonds is 8. The Hall–Kier alpha value is -3.57. The molecule has 0 spiro atoms. The van der Waals surface area contributed by atoms with Crippen molar-refractivity contribution >= 4 is 34.6 Å². The van der Waals surface area contributed by atoms with E-state index in [0.29, 0.717) is 13.2 Å². The van der Waals surface area contributed by atoms with E-state index >= 15 is 0 Å². The summed E-state index contributed by atoms with van der Waals surface area (Å²) in [6.45, 7) is 4.95. The topological polar surface area (TPSA) is 56.1 Å². The molecule has 1 atom stereocenters. The molecule has 0 aliphatic heterocycles. The van der Waals surface area contributed by atoms with E-state index in [1.165, 1.54) is 0 Å². The van der Waals surface area contributed by atoms with Gasteiger partial charge in [0.25, 0.3) is 0 Å². The van der Waals surface area contributed by atoms with Crippen molar-refractivity contribution in [2.45, 2.75) is 26.4 Å². The molecule has 0 saturated heterocycles. The van der Waals surface area contributed by atoms with E-state index in [1.807, 2.05) is 86.6 Å². The summed E-state index contributed by atoms with van der Waals surface area (Å²) in [5.41, 5.74) is 3.84. The third-order valence-electron chi connectivity index (χ3n) is 5.37. The average Bonchev–Trinajstić information content (AvgIpc) is 3.19. The number of aryl methyl sites for hydroxylation is 1. The first-order valence-corrected chi connectivity index (χ1v) is 11.3. The molecule has 4 rings (SSSR count). The van der Waals surface area contributed by atoms with Gasteiger partial charge in [-0.05, 0) is 61.4 Å². The zero-order chi connectivity index (χ0) is 23.2. The highest BCUT2D eigenvalue weighted by Crippen LogP contribution is 2.23. The Morgan fingerprint density at radius 1 is 1.12 bits per heavy atom. The van der Waals surface area contributed by atoms with Gasteiger partial charge in [0.05, 0.1) is 23.6 Å². The van der Waals surface area contributed by atoms with Crippen LogP contribution in [0.1, 0.15) is 29.9 Å². The monoisotopic (exact) mass is 459 g/mol. The maximum absolute atomic E-state index is 12.5. The van der Waals surface area contributed by atoms with Crippen molar-refractivity contribution in [2.75, 3.05) is 6.61 Å². The molecule has 1 amide bonds. The Labute approximate surface area is 198 Å². The summed E-state index contributed by atoms with van der Waals surface area (Å²) in [7, 11) is 0. The lowest BCUT2D eigenvalue weighted by Gasteiger charge is -2.16. The zero-order valence-electron chi connectivity index (χ0n) is 18.7. The first kappa shape index (κ1) is 22.6. The van der Waals surface area contributed by atoms with Crippen LogP contribution in [-0.4, -0.2) is 22.1 Å². The van der Waals surface area contributed by atoms with Gasteiger partial charge in [0.15, 0.2) is 0 Å². The number of nitrogens with one attached hydrogen (secondary N) is 1. The maximum atomic E-state index is 12.5. The van der Waals surface area contributed by atoms with Crippen LogP contribution in [0.5, 0.6) is 5.75 Å². The molecule has 5 nitrogen and oxygen atoms in total. The molecule has 0 aliphatic rings. The summed E-state index contributed by atoms with van der Waals surface area (Å²) in [6.07, 6.45) is 3.35. The van der Waals surface area contributed by atoms with Crippen molar-refractivity contribution in [1.82, 2.24) is 14.9 Å². The van der Waals surface area contributed by atoms with Crippen molar-refractivity contribution in [2.24, 2.45) is 0 Å². The van der Waals surface area contributed by atoms with Gasteiger partial charge in [-0.1, -0.05) is 54.1 Å². The van der Waals surface area contributed by atoms with Crippen LogP contribution in [0, 0.1) is 6.92 Å². The summed E-state index contributed by atoms with van der Waals surface area (Å²) >= 11 is 6.11. The van der Waals surface area contributed by atoms with Gasteiger partial charge in [-0.2, -0.15) is 0 Å². The molecule has 1 aromatic heterocycles. The van der Waals surface area contributed by atoms with Crippen LogP contribution in [0.4, 0.5) is 0 Å². The summed E-state index contributed by atoms with van der Waals surface area (Å²) < 4.78 is 8.06. The third kappa shape index (κ3) is 5.62. The SMILES string of the molecule is Cc1cc(OCCn2c(C(C)NC(=O)/C=C\c3ccccc3)nc3ccccc32)ccc1Cl. The number of nitrogens with zero attached hydrogens (tertiary/aromatic N) is 2. The summed E-state index contributed by atoms with van der Waals surface area (Å²) in [6, 6.07) is 23.0. The second kappa shape index (κ2) is 10.4. The first-order valence-electron chi connectivity index (χ1n) is 10.9. The van der Waals surface area contributed by atoms with Crippen molar-refractivity contribution in [1.29, 1.82) is 0 Å². The fraction of sp³-hybridized carbons (Fsp3) is 0.185. The molecular formula is C27H26ClN3O2. The van der Waals surface area contributed by atoms with Gasteiger partial charge >= 0.3 is 0 Å². The highest BCUT2D eigenvalue weighted by Gasteiger charge is 2.17. The van der Waals surface area contributed by atoms with Crippen molar-refractivity contribution in [3.8, 4) is 5.75 Å². The van der Waals surface area contributed by atoms with Crippen LogP contribution in [0.15, 0.2) is 78.9 Å². The zero-order valence-corrected chi connectivity index (χ0v) is 19.4. The summed E-state index contributed by atoms with van der Waals surface area (Å²) in [5, 5.41) is 3.74. The normalized spacial score (nSPS) is 12.2. The van der Waals surface area contributed by atoms with Crippen molar-refractivity contribution in [3.05, 3.63) is 101 Å². The maximum Gasteiger partial charge on any atom is 0.244 e. The minimum atomic E-state index is -0.275. The predicted molar refractivity (Wildman–Crippen MR) is 133 cm³/mol. The van der Waals surface area contributed by atoms with Crippen LogP contribution >= 0.6 is 11.6 Å². The van der Waals surface area contributed by atoms with E-state index in [2.05, 4.69) is 9.88 Å². The molecule has 33 heavy (non-hydrogen) atoms. The number of aromatic nitrogens is 2. The van der Waals surface area contributed by atoms with Gasteiger partial charge in [-0.3, -0.25) is 4.79 Å². The van der Waals surface area contributed by atoms with Crippen LogP contribution in [-0.2, 0) is 11.3 Å². The summed E-state index contributed by atoms with van der Waals surface area (Å²) in [4.78, 5) is 17.3. The van der Waals surface area contributed by atoms with E-state index < -0.39 is 0 Å². The number of carbonyl (C=O) groups excluding carboxylic acids is 1. The summed E-state index contributed by atoms with van der Waals surface area (Å²) in [5.74, 6) is 1.39. The van der Waals surface area contributed by atoms with Gasteiger partial charge in [0.1, 0.15) is 18.2 Å². The second-order valence-corrected chi connectivity index (χ2v) is 8.25. The van der Waals surface area contributed by atoms with E-state index in [-0.39, 0.29) is 11.9 Å². The molecule has 1 N–H and O–H groups in total. The third-order valence-corrected chi connectivity index (χ3v) is 5.79. The molecule has 0 bridgehead atoms. The molecule has 0 radical (unpaired) electrons. The molecule has 168 valence electrons. The van der Waals surface area contributed by atoms with Crippen LogP contribution in [0.25, 0.3) is 17.1 Å². The van der Waals surface area contributed by atoms with E-state index in [4.69, 9.17) is 21.3 Å². The fourth-order valence-electron chi connectivity index (χ4n) is 3.68. The fourth-order valence-corrected chi connectivity index (χ4v) is 3.80. The van der Waals surface area contributed by atoms with Crippen molar-refractivity contribution in [3.63, 3.8) is 0 Å². The number of hydrogen-bond acceptors (Lipinski definition) is 3. The lowest BCUT2D eigenvalue weighted by atomic mass is 10.2. The number of carbonyl (C=O) groups is 1. The number of ether oxygens (including phenoxy) is 1. The van der Waals surface area contributed by atoms with Crippen LogP contribution < -0.4 is 10.1 Å². The molecule has 4 aromatic rings. The van der Waals surface area contributed by atoms with E-state index in [9.17, 15) is 4.79 Å². The van der Waals surface area contributed by atoms with Gasteiger partial charge in [-0.25, -0.2) is 4.98 Å². The number of hydrogen-bond donors (Lipinski definition) is 1. The molecule has 0 saturated carbocycles. The number of imidazole rings is 1.